The molecule has 0 saturated carbocycles. The highest BCUT2D eigenvalue weighted by atomic mass is 79.9. The Morgan fingerprint density at radius 1 is 1.10 bits per heavy atom. The van der Waals surface area contributed by atoms with Gasteiger partial charge in [0.2, 0.25) is 0 Å². The third-order valence-electron chi connectivity index (χ3n) is 2.81. The molecule has 0 aliphatic carbocycles. The van der Waals surface area contributed by atoms with Crippen molar-refractivity contribution in [3.63, 3.8) is 0 Å². The zero-order chi connectivity index (χ0) is 14.4. The number of carbonyl (C=O) groups is 1. The maximum absolute atomic E-state index is 12.8. The van der Waals surface area contributed by atoms with E-state index in [1.807, 2.05) is 18.2 Å². The highest BCUT2D eigenvalue weighted by molar-refractivity contribution is 9.10. The minimum atomic E-state index is -0.314. The molecule has 2 aromatic rings. The van der Waals surface area contributed by atoms with Crippen LogP contribution in [0.15, 0.2) is 57.9 Å². The number of thioether (sulfide) groups is 1. The number of benzene rings is 2. The molecule has 0 unspecified atom stereocenters. The van der Waals surface area contributed by atoms with Crippen molar-refractivity contribution in [2.45, 2.75) is 17.7 Å². The molecular weight excluding hydrogens is 339 g/mol. The molecule has 1 nitrogen and oxygen atoms in total. The predicted molar refractivity (Wildman–Crippen MR) is 84.8 cm³/mol. The van der Waals surface area contributed by atoms with E-state index in [4.69, 9.17) is 0 Å². The van der Waals surface area contributed by atoms with Crippen molar-refractivity contribution in [1.82, 2.24) is 0 Å². The SMILES string of the molecule is O=C(CCCSc1ccccc1Br)c1ccc(F)cc1. The minimum absolute atomic E-state index is 0.0673. The van der Waals surface area contributed by atoms with E-state index in [1.54, 1.807) is 23.9 Å². The van der Waals surface area contributed by atoms with Gasteiger partial charge in [-0.05, 0) is 64.5 Å². The van der Waals surface area contributed by atoms with Crippen LogP contribution in [0.4, 0.5) is 4.39 Å². The molecule has 0 atom stereocenters. The van der Waals surface area contributed by atoms with Crippen LogP contribution in [0, 0.1) is 5.82 Å². The lowest BCUT2D eigenvalue weighted by atomic mass is 10.1. The van der Waals surface area contributed by atoms with Gasteiger partial charge < -0.3 is 0 Å². The van der Waals surface area contributed by atoms with Crippen molar-refractivity contribution in [1.29, 1.82) is 0 Å². The van der Waals surface area contributed by atoms with Gasteiger partial charge in [0.15, 0.2) is 5.78 Å². The minimum Gasteiger partial charge on any atom is -0.294 e. The summed E-state index contributed by atoms with van der Waals surface area (Å²) in [4.78, 5) is 13.1. The summed E-state index contributed by atoms with van der Waals surface area (Å²) in [7, 11) is 0. The van der Waals surface area contributed by atoms with Gasteiger partial charge >= 0.3 is 0 Å². The third-order valence-corrected chi connectivity index (χ3v) is 4.92. The summed E-state index contributed by atoms with van der Waals surface area (Å²) in [5, 5.41) is 0. The Balaban J connectivity index is 1.77. The van der Waals surface area contributed by atoms with Crippen LogP contribution in [-0.4, -0.2) is 11.5 Å². The van der Waals surface area contributed by atoms with Crippen LogP contribution < -0.4 is 0 Å². The molecule has 0 fully saturated rings. The topological polar surface area (TPSA) is 17.1 Å². The molecule has 0 aliphatic heterocycles. The monoisotopic (exact) mass is 352 g/mol. The smallest absolute Gasteiger partial charge is 0.162 e. The Kier molecular flexibility index (Phi) is 5.80. The normalized spacial score (nSPS) is 10.5. The maximum Gasteiger partial charge on any atom is 0.162 e. The summed E-state index contributed by atoms with van der Waals surface area (Å²) < 4.78 is 13.8. The van der Waals surface area contributed by atoms with Gasteiger partial charge in [-0.2, -0.15) is 0 Å². The van der Waals surface area contributed by atoms with Crippen LogP contribution in [0.3, 0.4) is 0 Å². The lowest BCUT2D eigenvalue weighted by Crippen LogP contribution is -1.99. The van der Waals surface area contributed by atoms with Crippen molar-refractivity contribution >= 4 is 33.5 Å². The first-order valence-electron chi connectivity index (χ1n) is 6.33. The summed E-state index contributed by atoms with van der Waals surface area (Å²) in [6, 6.07) is 13.8. The van der Waals surface area contributed by atoms with Gasteiger partial charge in [0, 0.05) is 21.4 Å². The zero-order valence-corrected chi connectivity index (χ0v) is 13.2. The van der Waals surface area contributed by atoms with Crippen molar-refractivity contribution in [3.8, 4) is 0 Å². The summed E-state index contributed by atoms with van der Waals surface area (Å²) >= 11 is 5.23. The van der Waals surface area contributed by atoms with Gasteiger partial charge in [-0.3, -0.25) is 4.79 Å². The molecule has 4 heteroatoms. The largest absolute Gasteiger partial charge is 0.294 e. The van der Waals surface area contributed by atoms with Gasteiger partial charge in [0.25, 0.3) is 0 Å². The van der Waals surface area contributed by atoms with Crippen molar-refractivity contribution in [2.24, 2.45) is 0 Å². The van der Waals surface area contributed by atoms with E-state index in [0.717, 1.165) is 16.6 Å². The zero-order valence-electron chi connectivity index (χ0n) is 10.8. The van der Waals surface area contributed by atoms with Crippen LogP contribution in [0.1, 0.15) is 23.2 Å². The molecule has 20 heavy (non-hydrogen) atoms. The standard InChI is InChI=1S/C16H14BrFOS/c17-14-4-1-2-6-16(14)20-11-3-5-15(19)12-7-9-13(18)10-8-12/h1-2,4,6-10H,3,5,11H2. The van der Waals surface area contributed by atoms with Gasteiger partial charge in [0.05, 0.1) is 0 Å². The highest BCUT2D eigenvalue weighted by Gasteiger charge is 2.06. The summed E-state index contributed by atoms with van der Waals surface area (Å²) in [6.45, 7) is 0. The van der Waals surface area contributed by atoms with Gasteiger partial charge in [-0.1, -0.05) is 12.1 Å². The Hall–Kier alpha value is -1.13. The fourth-order valence-corrected chi connectivity index (χ4v) is 3.27. The maximum atomic E-state index is 12.8. The fourth-order valence-electron chi connectivity index (χ4n) is 1.76. The number of carbonyl (C=O) groups excluding carboxylic acids is 1. The van der Waals surface area contributed by atoms with E-state index in [9.17, 15) is 9.18 Å². The van der Waals surface area contributed by atoms with Crippen LogP contribution in [0.25, 0.3) is 0 Å². The molecule has 0 radical (unpaired) electrons. The molecule has 2 aromatic carbocycles. The molecular formula is C16H14BrFOS. The first kappa shape index (κ1) is 15.3. The Morgan fingerprint density at radius 3 is 2.50 bits per heavy atom. The molecule has 0 spiro atoms. The molecule has 2 rings (SSSR count). The second kappa shape index (κ2) is 7.60. The molecule has 0 amide bonds. The molecule has 104 valence electrons. The van der Waals surface area contributed by atoms with Crippen LogP contribution in [0.5, 0.6) is 0 Å². The molecule has 0 saturated heterocycles. The van der Waals surface area contributed by atoms with Crippen molar-refractivity contribution < 1.29 is 9.18 Å². The van der Waals surface area contributed by atoms with Gasteiger partial charge in [-0.15, -0.1) is 11.8 Å². The van der Waals surface area contributed by atoms with Crippen LogP contribution in [-0.2, 0) is 0 Å². The third kappa shape index (κ3) is 4.46. The van der Waals surface area contributed by atoms with E-state index < -0.39 is 0 Å². The lowest BCUT2D eigenvalue weighted by molar-refractivity contribution is 0.0982. The van der Waals surface area contributed by atoms with E-state index in [1.165, 1.54) is 17.0 Å². The number of ketones is 1. The van der Waals surface area contributed by atoms with E-state index in [2.05, 4.69) is 22.0 Å². The van der Waals surface area contributed by atoms with E-state index in [-0.39, 0.29) is 11.6 Å². The van der Waals surface area contributed by atoms with Crippen molar-refractivity contribution in [3.05, 3.63) is 64.4 Å². The van der Waals surface area contributed by atoms with E-state index >= 15 is 0 Å². The molecule has 0 bridgehead atoms. The lowest BCUT2D eigenvalue weighted by Gasteiger charge is -2.04. The number of hydrogen-bond donors (Lipinski definition) is 0. The van der Waals surface area contributed by atoms with Gasteiger partial charge in [-0.25, -0.2) is 4.39 Å². The first-order valence-corrected chi connectivity index (χ1v) is 8.11. The second-order valence-corrected chi connectivity index (χ2v) is 6.30. The highest BCUT2D eigenvalue weighted by Crippen LogP contribution is 2.27. The summed E-state index contributed by atoms with van der Waals surface area (Å²) in [5.41, 5.74) is 0.581. The molecule has 0 N–H and O–H groups in total. The van der Waals surface area contributed by atoms with Crippen LogP contribution in [0.2, 0.25) is 0 Å². The number of Topliss-reactive ketones (excluding diaryl/α,β-unsaturated/α-hetero) is 1. The number of rotatable bonds is 6. The van der Waals surface area contributed by atoms with Crippen LogP contribution >= 0.6 is 27.7 Å². The second-order valence-electron chi connectivity index (χ2n) is 4.31. The Labute approximate surface area is 130 Å². The average molecular weight is 353 g/mol. The Bertz CT molecular complexity index is 583. The average Bonchev–Trinajstić information content (AvgIpc) is 2.46. The van der Waals surface area contributed by atoms with Gasteiger partial charge in [0.1, 0.15) is 5.82 Å². The summed E-state index contributed by atoms with van der Waals surface area (Å²) in [6.07, 6.45) is 1.30. The van der Waals surface area contributed by atoms with E-state index in [0.29, 0.717) is 12.0 Å². The number of halogens is 2. The quantitative estimate of drug-likeness (QED) is 0.396. The molecule has 0 aromatic heterocycles. The number of hydrogen-bond acceptors (Lipinski definition) is 2. The molecule has 0 aliphatic rings. The Morgan fingerprint density at radius 2 is 1.80 bits per heavy atom. The molecule has 0 heterocycles. The first-order chi connectivity index (χ1) is 9.66. The fraction of sp³-hybridized carbons (Fsp3) is 0.188. The van der Waals surface area contributed by atoms with Crippen molar-refractivity contribution in [2.75, 3.05) is 5.75 Å². The predicted octanol–water partition coefficient (Wildman–Crippen LogP) is 5.34. The summed E-state index contributed by atoms with van der Waals surface area (Å²) in [5.74, 6) is 0.638.